The van der Waals surface area contributed by atoms with Gasteiger partial charge in [0.1, 0.15) is 12.6 Å². The fraction of sp³-hybridized carbons (Fsp3) is 0.300. The van der Waals surface area contributed by atoms with E-state index in [-0.39, 0.29) is 6.54 Å². The van der Waals surface area contributed by atoms with Crippen LogP contribution in [0.3, 0.4) is 0 Å². The van der Waals surface area contributed by atoms with Crippen LogP contribution in [-0.4, -0.2) is 54.9 Å². The van der Waals surface area contributed by atoms with Crippen molar-refractivity contribution in [2.24, 2.45) is 0 Å². The summed E-state index contributed by atoms with van der Waals surface area (Å²) in [5.41, 5.74) is 0. The number of aliphatic hydroxyl groups excluding tert-OH is 1. The molecule has 106 valence electrons. The van der Waals surface area contributed by atoms with Gasteiger partial charge in [-0.05, 0) is 16.7 Å². The van der Waals surface area contributed by atoms with Gasteiger partial charge >= 0.3 is 5.97 Å². The van der Waals surface area contributed by atoms with Crippen LogP contribution < -0.4 is 5.32 Å². The minimum atomic E-state index is -1.34. The van der Waals surface area contributed by atoms with Crippen molar-refractivity contribution in [3.05, 3.63) is 17.5 Å². The molecule has 2 aromatic heterocycles. The zero-order valence-corrected chi connectivity index (χ0v) is 10.9. The molecule has 9 nitrogen and oxygen atoms in total. The minimum Gasteiger partial charge on any atom is -0.480 e. The molecule has 20 heavy (non-hydrogen) atoms. The lowest BCUT2D eigenvalue weighted by Gasteiger charge is -2.10. The van der Waals surface area contributed by atoms with E-state index in [1.807, 2.05) is 17.5 Å². The van der Waals surface area contributed by atoms with Crippen LogP contribution in [0.2, 0.25) is 0 Å². The molecule has 0 aromatic carbocycles. The van der Waals surface area contributed by atoms with Gasteiger partial charge in [-0.15, -0.1) is 21.5 Å². The van der Waals surface area contributed by atoms with Crippen molar-refractivity contribution < 1.29 is 19.8 Å². The number of thiophene rings is 1. The summed E-state index contributed by atoms with van der Waals surface area (Å²) < 4.78 is 0. The van der Waals surface area contributed by atoms with Gasteiger partial charge in [-0.25, -0.2) is 4.79 Å². The number of tetrazole rings is 1. The summed E-state index contributed by atoms with van der Waals surface area (Å²) in [5.74, 6) is -1.54. The van der Waals surface area contributed by atoms with Gasteiger partial charge in [0.2, 0.25) is 11.7 Å². The Bertz CT molecular complexity index is 597. The second-order valence-electron chi connectivity index (χ2n) is 3.76. The second-order valence-corrected chi connectivity index (χ2v) is 4.71. The smallest absolute Gasteiger partial charge is 0.328 e. The number of aliphatic hydroxyl groups is 1. The van der Waals surface area contributed by atoms with E-state index in [4.69, 9.17) is 10.2 Å². The van der Waals surface area contributed by atoms with Crippen LogP contribution in [0.25, 0.3) is 10.7 Å². The average molecular weight is 297 g/mol. The van der Waals surface area contributed by atoms with Crippen molar-refractivity contribution >= 4 is 23.2 Å². The summed E-state index contributed by atoms with van der Waals surface area (Å²) in [6.07, 6.45) is 0. The van der Waals surface area contributed by atoms with Gasteiger partial charge in [-0.2, -0.15) is 4.80 Å². The van der Waals surface area contributed by atoms with Crippen LogP contribution in [0.4, 0.5) is 0 Å². The van der Waals surface area contributed by atoms with Crippen LogP contribution in [0.1, 0.15) is 0 Å². The SMILES string of the molecule is O=C(Cn1nnc(-c2cccs2)n1)N[C@H](CO)C(=O)O. The van der Waals surface area contributed by atoms with Crippen LogP contribution in [0.15, 0.2) is 17.5 Å². The highest BCUT2D eigenvalue weighted by molar-refractivity contribution is 7.13. The van der Waals surface area contributed by atoms with Gasteiger partial charge in [0, 0.05) is 0 Å². The molecule has 0 aliphatic rings. The maximum atomic E-state index is 11.6. The lowest BCUT2D eigenvalue weighted by atomic mass is 10.3. The summed E-state index contributed by atoms with van der Waals surface area (Å²) in [4.78, 5) is 24.1. The Hall–Kier alpha value is -2.33. The molecular weight excluding hydrogens is 286 g/mol. The molecule has 0 fully saturated rings. The minimum absolute atomic E-state index is 0.276. The van der Waals surface area contributed by atoms with Crippen molar-refractivity contribution in [1.82, 2.24) is 25.5 Å². The van der Waals surface area contributed by atoms with E-state index in [1.54, 1.807) is 0 Å². The van der Waals surface area contributed by atoms with Gasteiger partial charge in [0.15, 0.2) is 0 Å². The highest BCUT2D eigenvalue weighted by atomic mass is 32.1. The number of aromatic nitrogens is 4. The van der Waals surface area contributed by atoms with Gasteiger partial charge in [0.25, 0.3) is 0 Å². The fourth-order valence-electron chi connectivity index (χ4n) is 1.37. The monoisotopic (exact) mass is 297 g/mol. The van der Waals surface area contributed by atoms with Crippen LogP contribution in [0.5, 0.6) is 0 Å². The standard InChI is InChI=1S/C10H11N5O4S/c16-5-6(10(18)19)11-8(17)4-15-13-9(12-14-15)7-2-1-3-20-7/h1-3,6,16H,4-5H2,(H,11,17)(H,18,19)/t6-/m1/s1. The largest absolute Gasteiger partial charge is 0.480 e. The summed E-state index contributed by atoms with van der Waals surface area (Å²) >= 11 is 1.44. The van der Waals surface area contributed by atoms with Crippen molar-refractivity contribution in [1.29, 1.82) is 0 Å². The first kappa shape index (κ1) is 14.1. The van der Waals surface area contributed by atoms with Crippen LogP contribution in [-0.2, 0) is 16.1 Å². The molecule has 2 heterocycles. The maximum absolute atomic E-state index is 11.6. The van der Waals surface area contributed by atoms with E-state index < -0.39 is 24.5 Å². The Morgan fingerprint density at radius 1 is 1.50 bits per heavy atom. The fourth-order valence-corrected chi connectivity index (χ4v) is 2.02. The summed E-state index contributed by atoms with van der Waals surface area (Å²) in [7, 11) is 0. The zero-order chi connectivity index (χ0) is 14.5. The Morgan fingerprint density at radius 2 is 2.30 bits per heavy atom. The molecule has 10 heteroatoms. The molecule has 1 amide bonds. The molecule has 0 aliphatic heterocycles. The summed E-state index contributed by atoms with van der Waals surface area (Å²) in [6.45, 7) is -0.964. The topological polar surface area (TPSA) is 130 Å². The highest BCUT2D eigenvalue weighted by Gasteiger charge is 2.19. The molecule has 0 unspecified atom stereocenters. The molecular formula is C10H11N5O4S. The van der Waals surface area contributed by atoms with E-state index in [9.17, 15) is 9.59 Å². The number of aliphatic carboxylic acids is 1. The van der Waals surface area contributed by atoms with Crippen molar-refractivity contribution in [3.63, 3.8) is 0 Å². The number of hydrogen-bond donors (Lipinski definition) is 3. The number of hydrogen-bond acceptors (Lipinski definition) is 7. The molecule has 0 saturated carbocycles. The number of rotatable bonds is 6. The quantitative estimate of drug-likeness (QED) is 0.621. The number of carbonyl (C=O) groups is 2. The van der Waals surface area contributed by atoms with Crippen LogP contribution >= 0.6 is 11.3 Å². The van der Waals surface area contributed by atoms with Gasteiger partial charge < -0.3 is 15.5 Å². The number of nitrogens with one attached hydrogen (secondary N) is 1. The number of nitrogens with zero attached hydrogens (tertiary/aromatic N) is 4. The first-order valence-corrected chi connectivity index (χ1v) is 6.43. The molecule has 1 atom stereocenters. The molecule has 0 bridgehead atoms. The van der Waals surface area contributed by atoms with Gasteiger partial charge in [-0.1, -0.05) is 6.07 Å². The first-order valence-electron chi connectivity index (χ1n) is 5.55. The molecule has 0 saturated heterocycles. The molecule has 3 N–H and O–H groups in total. The predicted molar refractivity (Wildman–Crippen MR) is 67.8 cm³/mol. The molecule has 2 aromatic rings. The summed E-state index contributed by atoms with van der Waals surface area (Å²) in [5, 5.41) is 33.0. The average Bonchev–Trinajstić information content (AvgIpc) is 3.05. The van der Waals surface area contributed by atoms with E-state index in [2.05, 4.69) is 20.7 Å². The normalized spacial score (nSPS) is 12.1. The third-order valence-corrected chi connectivity index (χ3v) is 3.16. The molecule has 0 radical (unpaired) electrons. The zero-order valence-electron chi connectivity index (χ0n) is 10.1. The highest BCUT2D eigenvalue weighted by Crippen LogP contribution is 2.19. The molecule has 2 rings (SSSR count). The summed E-state index contributed by atoms with van der Waals surface area (Å²) in [6, 6.07) is 2.31. The third-order valence-electron chi connectivity index (χ3n) is 2.30. The third kappa shape index (κ3) is 3.36. The number of carbonyl (C=O) groups excluding carboxylic acids is 1. The molecule has 0 spiro atoms. The maximum Gasteiger partial charge on any atom is 0.328 e. The van der Waals surface area contributed by atoms with E-state index in [0.29, 0.717) is 5.82 Å². The van der Waals surface area contributed by atoms with Crippen molar-refractivity contribution in [2.75, 3.05) is 6.61 Å². The van der Waals surface area contributed by atoms with Crippen LogP contribution in [0, 0.1) is 0 Å². The lowest BCUT2D eigenvalue weighted by molar-refractivity contribution is -0.143. The van der Waals surface area contributed by atoms with Gasteiger partial charge in [0.05, 0.1) is 11.5 Å². The Labute approximate surface area is 116 Å². The lowest BCUT2D eigenvalue weighted by Crippen LogP contribution is -2.44. The number of amides is 1. The van der Waals surface area contributed by atoms with Crippen molar-refractivity contribution in [2.45, 2.75) is 12.6 Å². The Kier molecular flexibility index (Phi) is 4.38. The number of carboxylic acids is 1. The Balaban J connectivity index is 1.97. The van der Waals surface area contributed by atoms with Gasteiger partial charge in [-0.3, -0.25) is 4.79 Å². The number of carboxylic acid groups (broad SMARTS) is 1. The van der Waals surface area contributed by atoms with E-state index >= 15 is 0 Å². The molecule has 0 aliphatic carbocycles. The van der Waals surface area contributed by atoms with E-state index in [0.717, 1.165) is 9.67 Å². The van der Waals surface area contributed by atoms with Crippen molar-refractivity contribution in [3.8, 4) is 10.7 Å². The second kappa shape index (κ2) is 6.21. The first-order chi connectivity index (χ1) is 9.60. The Morgan fingerprint density at radius 3 is 2.90 bits per heavy atom. The predicted octanol–water partition coefficient (Wildman–Crippen LogP) is -1.04. The van der Waals surface area contributed by atoms with E-state index in [1.165, 1.54) is 11.3 Å².